The first-order chi connectivity index (χ1) is 20.2. The number of ether oxygens (including phenoxy) is 3. The van der Waals surface area contributed by atoms with E-state index in [0.29, 0.717) is 48.6 Å². The highest BCUT2D eigenvalue weighted by Crippen LogP contribution is 2.40. The molecular formula is C31H40N6O5. The lowest BCUT2D eigenvalue weighted by atomic mass is 9.95. The van der Waals surface area contributed by atoms with Gasteiger partial charge in [-0.25, -0.2) is 9.78 Å². The Morgan fingerprint density at radius 3 is 2.50 bits per heavy atom. The number of nitrogens with zero attached hydrogens (tertiary/aromatic N) is 6. The van der Waals surface area contributed by atoms with Crippen molar-refractivity contribution in [2.45, 2.75) is 82.5 Å². The van der Waals surface area contributed by atoms with Crippen LogP contribution in [0.4, 0.5) is 10.6 Å². The van der Waals surface area contributed by atoms with Gasteiger partial charge >= 0.3 is 12.1 Å². The van der Waals surface area contributed by atoms with Crippen molar-refractivity contribution in [2.24, 2.45) is 0 Å². The van der Waals surface area contributed by atoms with Gasteiger partial charge < -0.3 is 23.5 Å². The molecule has 2 aromatic heterocycles. The second-order valence-corrected chi connectivity index (χ2v) is 13.1. The molecule has 6 heterocycles. The molecule has 11 nitrogen and oxygen atoms in total. The third-order valence-corrected chi connectivity index (χ3v) is 9.20. The zero-order valence-corrected chi connectivity index (χ0v) is 25.0. The van der Waals surface area contributed by atoms with Crippen LogP contribution in [-0.4, -0.2) is 94.0 Å². The Kier molecular flexibility index (Phi) is 6.67. The number of fused-ring (bicyclic) bond motifs is 4. The first-order valence-corrected chi connectivity index (χ1v) is 15.2. The Labute approximate surface area is 246 Å². The third kappa shape index (κ3) is 4.91. The van der Waals surface area contributed by atoms with Crippen LogP contribution in [0, 0.1) is 0 Å². The summed E-state index contributed by atoms with van der Waals surface area (Å²) in [6, 6.07) is 7.99. The van der Waals surface area contributed by atoms with E-state index in [1.165, 1.54) is 12.8 Å². The standard InChI is InChI=1S/C31H40N6O5/c1-30(2,3)42-29(38)37-21-10-11-22(37)18-35(17-21)25-24-27(41-26(32-24)20-8-5-9-23(16-20)39-4)34-28(33-25)40-19-31-12-6-14-36(31)15-7-13-31/h5,8-9,16,21-22H,6-7,10-15,17-19H2,1-4H3/t21-,22+. The van der Waals surface area contributed by atoms with Gasteiger partial charge in [0.25, 0.3) is 5.71 Å². The monoisotopic (exact) mass is 576 g/mol. The summed E-state index contributed by atoms with van der Waals surface area (Å²) in [6.07, 6.45) is 6.27. The lowest BCUT2D eigenvalue weighted by Crippen LogP contribution is -2.57. The van der Waals surface area contributed by atoms with E-state index in [1.807, 2.05) is 49.9 Å². The van der Waals surface area contributed by atoms with E-state index in [1.54, 1.807) is 7.11 Å². The van der Waals surface area contributed by atoms with Crippen LogP contribution in [0.25, 0.3) is 22.7 Å². The van der Waals surface area contributed by atoms with Crippen LogP contribution >= 0.6 is 0 Å². The van der Waals surface area contributed by atoms with Crippen molar-refractivity contribution >= 4 is 23.1 Å². The molecule has 2 bridgehead atoms. The van der Waals surface area contributed by atoms with Crippen LogP contribution in [0.5, 0.6) is 11.8 Å². The Morgan fingerprint density at radius 2 is 1.81 bits per heavy atom. The van der Waals surface area contributed by atoms with E-state index in [9.17, 15) is 4.79 Å². The SMILES string of the molecule is COc1cccc(-c2nc3c(N4C[C@H]5CC[C@@H](C4)N5C(=O)OC(C)(C)C)nc(OCC45CCCN4CCC5)nc3o2)c1. The molecule has 1 amide bonds. The molecule has 7 rings (SSSR count). The number of carbonyl (C=O) groups is 1. The molecular weight excluding hydrogens is 536 g/mol. The molecule has 0 radical (unpaired) electrons. The molecule has 42 heavy (non-hydrogen) atoms. The highest BCUT2D eigenvalue weighted by molar-refractivity contribution is 5.85. The Morgan fingerprint density at radius 1 is 1.07 bits per heavy atom. The van der Waals surface area contributed by atoms with Gasteiger partial charge in [-0.3, -0.25) is 9.80 Å². The summed E-state index contributed by atoms with van der Waals surface area (Å²) in [7, 11) is 1.64. The minimum absolute atomic E-state index is 0.0298. The summed E-state index contributed by atoms with van der Waals surface area (Å²) < 4.78 is 23.8. The van der Waals surface area contributed by atoms with Gasteiger partial charge in [-0.05, 0) is 90.6 Å². The highest BCUT2D eigenvalue weighted by Gasteiger charge is 2.46. The van der Waals surface area contributed by atoms with Crippen molar-refractivity contribution in [2.75, 3.05) is 44.8 Å². The average Bonchev–Trinajstić information content (AvgIpc) is 3.72. The second-order valence-electron chi connectivity index (χ2n) is 13.1. The Bertz CT molecular complexity index is 1460. The van der Waals surface area contributed by atoms with Crippen molar-refractivity contribution in [3.63, 3.8) is 0 Å². The molecule has 11 heteroatoms. The molecule has 4 aliphatic rings. The summed E-state index contributed by atoms with van der Waals surface area (Å²) in [6.45, 7) is 9.79. The van der Waals surface area contributed by atoms with E-state index in [0.717, 1.165) is 50.1 Å². The number of piperazine rings is 1. The van der Waals surface area contributed by atoms with Gasteiger partial charge in [-0.15, -0.1) is 0 Å². The van der Waals surface area contributed by atoms with Crippen molar-refractivity contribution < 1.29 is 23.4 Å². The number of oxazole rings is 1. The van der Waals surface area contributed by atoms with E-state index in [4.69, 9.17) is 33.6 Å². The summed E-state index contributed by atoms with van der Waals surface area (Å²) in [5.41, 5.74) is 1.31. The largest absolute Gasteiger partial charge is 0.497 e. The molecule has 0 spiro atoms. The third-order valence-electron chi connectivity index (χ3n) is 9.20. The second kappa shape index (κ2) is 10.3. The predicted molar refractivity (Wildman–Crippen MR) is 157 cm³/mol. The van der Waals surface area contributed by atoms with Crippen molar-refractivity contribution in [1.82, 2.24) is 24.8 Å². The van der Waals surface area contributed by atoms with Gasteiger partial charge in [0.2, 0.25) is 5.89 Å². The molecule has 0 saturated carbocycles. The van der Waals surface area contributed by atoms with Crippen LogP contribution in [0.3, 0.4) is 0 Å². The molecule has 0 unspecified atom stereocenters. The molecule has 0 aliphatic carbocycles. The molecule has 4 aliphatic heterocycles. The van der Waals surface area contributed by atoms with Crippen molar-refractivity contribution in [1.29, 1.82) is 0 Å². The van der Waals surface area contributed by atoms with Crippen LogP contribution in [-0.2, 0) is 4.74 Å². The number of carbonyl (C=O) groups excluding carboxylic acids is 1. The van der Waals surface area contributed by atoms with Crippen molar-refractivity contribution in [3.05, 3.63) is 24.3 Å². The number of hydrogen-bond donors (Lipinski definition) is 0. The zero-order valence-electron chi connectivity index (χ0n) is 25.0. The maximum absolute atomic E-state index is 13.1. The normalized spacial score (nSPS) is 23.4. The number of rotatable bonds is 6. The molecule has 1 aromatic carbocycles. The zero-order chi connectivity index (χ0) is 29.1. The topological polar surface area (TPSA) is 106 Å². The molecule has 3 aromatic rings. The van der Waals surface area contributed by atoms with Crippen molar-refractivity contribution in [3.8, 4) is 23.2 Å². The fourth-order valence-electron chi connectivity index (χ4n) is 7.30. The fraction of sp³-hybridized carbons (Fsp3) is 0.613. The van der Waals surface area contributed by atoms with Gasteiger partial charge in [0, 0.05) is 18.7 Å². The van der Waals surface area contributed by atoms with Crippen LogP contribution in [0.1, 0.15) is 59.3 Å². The molecule has 4 saturated heterocycles. The van der Waals surface area contributed by atoms with Gasteiger partial charge in [0.05, 0.1) is 24.7 Å². The number of anilines is 1. The first-order valence-electron chi connectivity index (χ1n) is 15.2. The molecule has 4 fully saturated rings. The number of amides is 1. The highest BCUT2D eigenvalue weighted by atomic mass is 16.6. The minimum atomic E-state index is -0.538. The summed E-state index contributed by atoms with van der Waals surface area (Å²) in [5, 5.41) is 0. The van der Waals surface area contributed by atoms with E-state index < -0.39 is 5.60 Å². The summed E-state index contributed by atoms with van der Waals surface area (Å²) in [4.78, 5) is 34.3. The smallest absolute Gasteiger partial charge is 0.410 e. The number of benzene rings is 1. The quantitative estimate of drug-likeness (QED) is 0.403. The van der Waals surface area contributed by atoms with Gasteiger partial charge in [-0.1, -0.05) is 6.07 Å². The summed E-state index contributed by atoms with van der Waals surface area (Å²) >= 11 is 0. The average molecular weight is 577 g/mol. The Hall–Kier alpha value is -3.60. The van der Waals surface area contributed by atoms with E-state index in [-0.39, 0.29) is 23.7 Å². The maximum atomic E-state index is 13.1. The first kappa shape index (κ1) is 27.2. The van der Waals surface area contributed by atoms with E-state index >= 15 is 0 Å². The van der Waals surface area contributed by atoms with E-state index in [2.05, 4.69) is 9.80 Å². The predicted octanol–water partition coefficient (Wildman–Crippen LogP) is 4.89. The van der Waals surface area contributed by atoms with Gasteiger partial charge in [0.1, 0.15) is 18.0 Å². The lowest BCUT2D eigenvalue weighted by Gasteiger charge is -2.41. The molecule has 2 atom stereocenters. The number of methoxy groups -OCH3 is 1. The molecule has 0 N–H and O–H groups in total. The van der Waals surface area contributed by atoms with Gasteiger partial charge in [-0.2, -0.15) is 9.97 Å². The summed E-state index contributed by atoms with van der Waals surface area (Å²) in [5.74, 6) is 1.85. The lowest BCUT2D eigenvalue weighted by molar-refractivity contribution is 0.0122. The number of aromatic nitrogens is 3. The minimum Gasteiger partial charge on any atom is -0.497 e. The van der Waals surface area contributed by atoms with Crippen LogP contribution in [0.2, 0.25) is 0 Å². The fourth-order valence-corrected chi connectivity index (χ4v) is 7.30. The van der Waals surface area contributed by atoms with Crippen LogP contribution in [0.15, 0.2) is 28.7 Å². The van der Waals surface area contributed by atoms with Crippen LogP contribution < -0.4 is 14.4 Å². The van der Waals surface area contributed by atoms with Gasteiger partial charge in [0.15, 0.2) is 11.3 Å². The number of hydrogen-bond acceptors (Lipinski definition) is 10. The Balaban J connectivity index is 1.22. The molecule has 224 valence electrons. The maximum Gasteiger partial charge on any atom is 0.410 e.